The van der Waals surface area contributed by atoms with Crippen molar-refractivity contribution < 1.29 is 19.0 Å². The molecule has 2 aromatic rings. The van der Waals surface area contributed by atoms with Crippen molar-refractivity contribution in [2.24, 2.45) is 10.7 Å². The van der Waals surface area contributed by atoms with Crippen molar-refractivity contribution in [2.45, 2.75) is 31.9 Å². The van der Waals surface area contributed by atoms with Crippen LogP contribution in [0.1, 0.15) is 37.5 Å². The quantitative estimate of drug-likeness (QED) is 0.531. The molecule has 7 heteroatoms. The monoisotopic (exact) mass is 456 g/mol. The Morgan fingerprint density at radius 3 is 2.55 bits per heavy atom. The van der Waals surface area contributed by atoms with Crippen LogP contribution >= 0.6 is 15.9 Å². The smallest absolute Gasteiger partial charge is 0.331 e. The van der Waals surface area contributed by atoms with Crippen molar-refractivity contribution in [3.8, 4) is 11.5 Å². The van der Waals surface area contributed by atoms with Crippen LogP contribution in [0.25, 0.3) is 6.08 Å². The third-order valence-electron chi connectivity index (χ3n) is 4.60. The molecule has 0 radical (unpaired) electrons. The first-order valence-corrected chi connectivity index (χ1v) is 9.97. The average Bonchev–Trinajstić information content (AvgIpc) is 3.02. The van der Waals surface area contributed by atoms with E-state index in [0.29, 0.717) is 11.5 Å². The van der Waals surface area contributed by atoms with Crippen LogP contribution in [0, 0.1) is 0 Å². The molecule has 0 bridgehead atoms. The number of rotatable bonds is 2. The van der Waals surface area contributed by atoms with Gasteiger partial charge in [0.15, 0.2) is 5.54 Å². The molecule has 2 aromatic carbocycles. The van der Waals surface area contributed by atoms with Crippen LogP contribution in [0.3, 0.4) is 0 Å². The summed E-state index contributed by atoms with van der Waals surface area (Å²) >= 11 is 3.52. The van der Waals surface area contributed by atoms with Gasteiger partial charge in [-0.25, -0.2) is 9.79 Å². The maximum absolute atomic E-state index is 12.0. The van der Waals surface area contributed by atoms with Gasteiger partial charge >= 0.3 is 5.97 Å². The van der Waals surface area contributed by atoms with Crippen LogP contribution in [0.5, 0.6) is 11.5 Å². The zero-order valence-electron chi connectivity index (χ0n) is 16.4. The molecule has 0 fully saturated rings. The van der Waals surface area contributed by atoms with E-state index in [9.17, 15) is 4.79 Å². The molecule has 0 saturated heterocycles. The van der Waals surface area contributed by atoms with E-state index in [0.717, 1.165) is 21.2 Å². The second kappa shape index (κ2) is 6.91. The summed E-state index contributed by atoms with van der Waals surface area (Å²) in [5.74, 6) is 0.984. The van der Waals surface area contributed by atoms with Gasteiger partial charge in [-0.2, -0.15) is 0 Å². The second-order valence-corrected chi connectivity index (χ2v) is 8.88. The average molecular weight is 457 g/mol. The number of hydrogen-bond acceptors (Lipinski definition) is 6. The molecule has 0 aromatic heterocycles. The van der Waals surface area contributed by atoms with E-state index >= 15 is 0 Å². The van der Waals surface area contributed by atoms with E-state index in [2.05, 4.69) is 20.9 Å². The summed E-state index contributed by atoms with van der Waals surface area (Å²) in [4.78, 5) is 16.7. The van der Waals surface area contributed by atoms with E-state index in [1.165, 1.54) is 6.08 Å². The van der Waals surface area contributed by atoms with Crippen LogP contribution < -0.4 is 10.5 Å². The maximum Gasteiger partial charge on any atom is 0.331 e. The molecule has 6 nitrogen and oxygen atoms in total. The Bertz CT molecular complexity index is 1060. The fourth-order valence-corrected chi connectivity index (χ4v) is 3.81. The molecule has 0 unspecified atom stereocenters. The second-order valence-electron chi connectivity index (χ2n) is 7.96. The highest BCUT2D eigenvalue weighted by Crippen LogP contribution is 2.51. The van der Waals surface area contributed by atoms with Crippen LogP contribution in [-0.4, -0.2) is 24.2 Å². The Balaban J connectivity index is 1.75. The molecule has 2 heterocycles. The van der Waals surface area contributed by atoms with Crippen molar-refractivity contribution in [2.75, 3.05) is 6.61 Å². The van der Waals surface area contributed by atoms with Crippen molar-refractivity contribution in [1.29, 1.82) is 0 Å². The van der Waals surface area contributed by atoms with Gasteiger partial charge in [0.1, 0.15) is 23.7 Å². The molecule has 1 atom stereocenters. The zero-order valence-corrected chi connectivity index (χ0v) is 17.9. The SMILES string of the molecule is CC(C)(C)OC(=O)/C=C/c1ccc2c(c1)[C@]1(COC(N)=N1)c1cc(Br)ccc1O2. The molecule has 2 N–H and O–H groups in total. The van der Waals surface area contributed by atoms with Crippen LogP contribution in [0.4, 0.5) is 0 Å². The van der Waals surface area contributed by atoms with E-state index in [4.69, 9.17) is 19.9 Å². The molecule has 0 amide bonds. The minimum absolute atomic E-state index is 0.137. The molecule has 1 spiro atoms. The summed E-state index contributed by atoms with van der Waals surface area (Å²) in [7, 11) is 0. The molecular formula is C22H21BrN2O4. The van der Waals surface area contributed by atoms with E-state index in [-0.39, 0.29) is 12.6 Å². The molecule has 2 aliphatic heterocycles. The normalized spacial score (nSPS) is 19.9. The van der Waals surface area contributed by atoms with Crippen LogP contribution in [0.2, 0.25) is 0 Å². The Morgan fingerprint density at radius 2 is 1.90 bits per heavy atom. The van der Waals surface area contributed by atoms with Gasteiger partial charge in [-0.05, 0) is 62.7 Å². The number of benzene rings is 2. The molecule has 4 rings (SSSR count). The summed E-state index contributed by atoms with van der Waals surface area (Å²) < 4.78 is 17.9. The highest BCUT2D eigenvalue weighted by atomic mass is 79.9. The molecule has 150 valence electrons. The lowest BCUT2D eigenvalue weighted by molar-refractivity contribution is -0.148. The molecule has 0 saturated carbocycles. The number of ether oxygens (including phenoxy) is 3. The van der Waals surface area contributed by atoms with E-state index in [1.807, 2.05) is 57.2 Å². The van der Waals surface area contributed by atoms with Gasteiger partial charge in [0.05, 0.1) is 0 Å². The summed E-state index contributed by atoms with van der Waals surface area (Å²) in [5, 5.41) is 0. The lowest BCUT2D eigenvalue weighted by Gasteiger charge is -2.33. The first kappa shape index (κ1) is 19.5. The number of carbonyl (C=O) groups excluding carboxylic acids is 1. The number of nitrogens with zero attached hydrogens (tertiary/aromatic N) is 1. The molecule has 2 aliphatic rings. The number of amidine groups is 1. The highest BCUT2D eigenvalue weighted by Gasteiger charge is 2.47. The van der Waals surface area contributed by atoms with Gasteiger partial charge in [-0.1, -0.05) is 22.0 Å². The van der Waals surface area contributed by atoms with Gasteiger partial charge in [-0.15, -0.1) is 0 Å². The van der Waals surface area contributed by atoms with Crippen molar-refractivity contribution >= 4 is 34.0 Å². The lowest BCUT2D eigenvalue weighted by Crippen LogP contribution is -2.31. The zero-order chi connectivity index (χ0) is 20.8. The number of halogens is 1. The number of aliphatic imine (C=N–C) groups is 1. The van der Waals surface area contributed by atoms with Gasteiger partial charge in [0, 0.05) is 21.7 Å². The maximum atomic E-state index is 12.0. The minimum atomic E-state index is -0.799. The van der Waals surface area contributed by atoms with Gasteiger partial charge < -0.3 is 19.9 Å². The third-order valence-corrected chi connectivity index (χ3v) is 5.10. The summed E-state index contributed by atoms with van der Waals surface area (Å²) in [6, 6.07) is 11.6. The fourth-order valence-electron chi connectivity index (χ4n) is 3.45. The topological polar surface area (TPSA) is 83.1 Å². The predicted octanol–water partition coefficient (Wildman–Crippen LogP) is 4.50. The Kier molecular flexibility index (Phi) is 4.65. The Morgan fingerprint density at radius 1 is 1.21 bits per heavy atom. The van der Waals surface area contributed by atoms with Crippen LogP contribution in [0.15, 0.2) is 51.9 Å². The Hall–Kier alpha value is -2.80. The first-order chi connectivity index (χ1) is 13.7. The lowest BCUT2D eigenvalue weighted by atomic mass is 9.81. The number of esters is 1. The largest absolute Gasteiger partial charge is 0.462 e. The molecular weight excluding hydrogens is 436 g/mol. The highest BCUT2D eigenvalue weighted by molar-refractivity contribution is 9.10. The third kappa shape index (κ3) is 3.74. The van der Waals surface area contributed by atoms with Crippen molar-refractivity contribution in [3.05, 3.63) is 63.6 Å². The molecule has 29 heavy (non-hydrogen) atoms. The van der Waals surface area contributed by atoms with Gasteiger partial charge in [-0.3, -0.25) is 0 Å². The number of fused-ring (bicyclic) bond motifs is 4. The summed E-state index contributed by atoms with van der Waals surface area (Å²) in [6.45, 7) is 5.77. The summed E-state index contributed by atoms with van der Waals surface area (Å²) in [6.07, 6.45) is 3.12. The minimum Gasteiger partial charge on any atom is -0.462 e. The first-order valence-electron chi connectivity index (χ1n) is 9.18. The number of hydrogen-bond donors (Lipinski definition) is 1. The van der Waals surface area contributed by atoms with Gasteiger partial charge in [0.2, 0.25) is 0 Å². The Labute approximate surface area is 177 Å². The van der Waals surface area contributed by atoms with Crippen LogP contribution in [-0.2, 0) is 19.8 Å². The standard InChI is InChI=1S/C22H21BrN2O4/c1-21(2,3)29-19(26)9-5-13-4-7-17-15(10-13)22(12-27-20(24)25-22)16-11-14(23)6-8-18(16)28-17/h4-11H,12H2,1-3H3,(H2,24,25)/b9-5+/t22-/m1/s1. The van der Waals surface area contributed by atoms with E-state index in [1.54, 1.807) is 6.08 Å². The fraction of sp³-hybridized carbons (Fsp3) is 0.273. The number of carbonyl (C=O) groups is 1. The summed E-state index contributed by atoms with van der Waals surface area (Å²) in [5.41, 5.74) is 7.06. The van der Waals surface area contributed by atoms with Gasteiger partial charge in [0.25, 0.3) is 6.02 Å². The van der Waals surface area contributed by atoms with E-state index < -0.39 is 17.1 Å². The number of nitrogens with two attached hydrogens (primary N) is 1. The predicted molar refractivity (Wildman–Crippen MR) is 114 cm³/mol. The molecule has 0 aliphatic carbocycles. The van der Waals surface area contributed by atoms with Crippen molar-refractivity contribution in [1.82, 2.24) is 0 Å². The van der Waals surface area contributed by atoms with Crippen molar-refractivity contribution in [3.63, 3.8) is 0 Å².